The van der Waals surface area contributed by atoms with Gasteiger partial charge in [0, 0.05) is 31.4 Å². The topological polar surface area (TPSA) is 98.8 Å². The maximum absolute atomic E-state index is 12.8. The summed E-state index contributed by atoms with van der Waals surface area (Å²) in [6.45, 7) is 6.52. The Morgan fingerprint density at radius 2 is 1.10 bits per heavy atom. The number of carbonyl (C=O) groups excluding carboxylic acids is 4. The van der Waals surface area contributed by atoms with Crippen LogP contribution in [0.25, 0.3) is 12.2 Å². The third-order valence-electron chi connectivity index (χ3n) is 6.51. The smallest absolute Gasteiger partial charge is 0.243 e. The van der Waals surface area contributed by atoms with Gasteiger partial charge in [-0.15, -0.1) is 0 Å². The number of hydrogen-bond donors (Lipinski definition) is 2. The highest BCUT2D eigenvalue weighted by Gasteiger charge is 2.17. The van der Waals surface area contributed by atoms with Gasteiger partial charge in [-0.1, -0.05) is 80.6 Å². The van der Waals surface area contributed by atoms with E-state index in [1.807, 2.05) is 105 Å². The molecule has 0 aliphatic heterocycles. The van der Waals surface area contributed by atoms with Crippen molar-refractivity contribution in [3.05, 3.63) is 95.6 Å². The summed E-state index contributed by atoms with van der Waals surface area (Å²) in [7, 11) is 0. The standard InChI is InChI=1S/C34H40N4O4/c1-4-21-37(26(3)39)24-32(40)35-30-17-13-27(14-18-30)11-12-28-15-19-31(20-16-28)36-33(41)25-38(22-5-2)34(42)23-29-9-7-6-8-10-29/h6-20H,4-5,21-25H2,1-3H3,(H,35,40)(H,36,41)/b12-11+. The van der Waals surface area contributed by atoms with Crippen LogP contribution in [-0.2, 0) is 25.6 Å². The molecule has 220 valence electrons. The number of nitrogens with one attached hydrogen (secondary N) is 2. The average molecular weight is 569 g/mol. The van der Waals surface area contributed by atoms with E-state index in [9.17, 15) is 19.2 Å². The summed E-state index contributed by atoms with van der Waals surface area (Å²) < 4.78 is 0. The van der Waals surface area contributed by atoms with Crippen molar-refractivity contribution < 1.29 is 19.2 Å². The minimum absolute atomic E-state index is 0.00529. The Kier molecular flexibility index (Phi) is 12.5. The first-order valence-electron chi connectivity index (χ1n) is 14.3. The van der Waals surface area contributed by atoms with Gasteiger partial charge >= 0.3 is 0 Å². The SMILES string of the molecule is CCCN(CC(=O)Nc1ccc(/C=C/c2ccc(NC(=O)CN(CCC)C(=O)Cc3ccccc3)cc2)cc1)C(C)=O. The molecule has 0 saturated heterocycles. The first kappa shape index (κ1) is 31.8. The second-order valence-corrected chi connectivity index (χ2v) is 10.1. The van der Waals surface area contributed by atoms with Gasteiger partial charge in [0.05, 0.1) is 19.5 Å². The molecule has 0 unspecified atom stereocenters. The Hall–Kier alpha value is -4.72. The second kappa shape index (κ2) is 16.5. The fourth-order valence-corrected chi connectivity index (χ4v) is 4.36. The molecule has 0 atom stereocenters. The van der Waals surface area contributed by atoms with Gasteiger partial charge in [-0.2, -0.15) is 0 Å². The minimum Gasteiger partial charge on any atom is -0.334 e. The van der Waals surface area contributed by atoms with Crippen molar-refractivity contribution in [3.8, 4) is 0 Å². The van der Waals surface area contributed by atoms with Gasteiger partial charge < -0.3 is 20.4 Å². The summed E-state index contributed by atoms with van der Waals surface area (Å²) in [5.74, 6) is -0.654. The fraction of sp³-hybridized carbons (Fsp3) is 0.294. The van der Waals surface area contributed by atoms with Gasteiger partial charge in [0.2, 0.25) is 23.6 Å². The Morgan fingerprint density at radius 1 is 0.643 bits per heavy atom. The summed E-state index contributed by atoms with van der Waals surface area (Å²) in [5, 5.41) is 5.71. The third-order valence-corrected chi connectivity index (χ3v) is 6.51. The number of anilines is 2. The Morgan fingerprint density at radius 3 is 1.55 bits per heavy atom. The van der Waals surface area contributed by atoms with Crippen LogP contribution in [0.5, 0.6) is 0 Å². The lowest BCUT2D eigenvalue weighted by Crippen LogP contribution is -2.39. The highest BCUT2D eigenvalue weighted by molar-refractivity contribution is 5.95. The summed E-state index contributed by atoms with van der Waals surface area (Å²) >= 11 is 0. The fourth-order valence-electron chi connectivity index (χ4n) is 4.36. The van der Waals surface area contributed by atoms with Crippen LogP contribution in [0.15, 0.2) is 78.9 Å². The monoisotopic (exact) mass is 568 g/mol. The molecule has 8 nitrogen and oxygen atoms in total. The summed E-state index contributed by atoms with van der Waals surface area (Å²) in [6, 6.07) is 24.4. The molecule has 0 spiro atoms. The number of amides is 4. The maximum atomic E-state index is 12.8. The molecule has 42 heavy (non-hydrogen) atoms. The summed E-state index contributed by atoms with van der Waals surface area (Å²) in [6.07, 6.45) is 5.75. The third kappa shape index (κ3) is 10.7. The molecule has 0 radical (unpaired) electrons. The highest BCUT2D eigenvalue weighted by Crippen LogP contribution is 2.15. The first-order valence-corrected chi connectivity index (χ1v) is 14.3. The van der Waals surface area contributed by atoms with Crippen molar-refractivity contribution >= 4 is 47.2 Å². The van der Waals surface area contributed by atoms with Crippen LogP contribution < -0.4 is 10.6 Å². The lowest BCUT2D eigenvalue weighted by molar-refractivity contribution is -0.134. The molecular weight excluding hydrogens is 528 g/mol. The second-order valence-electron chi connectivity index (χ2n) is 10.1. The van der Waals surface area contributed by atoms with Crippen molar-refractivity contribution in [1.82, 2.24) is 9.80 Å². The lowest BCUT2D eigenvalue weighted by Gasteiger charge is -2.21. The number of hydrogen-bond acceptors (Lipinski definition) is 4. The molecule has 0 aliphatic rings. The van der Waals surface area contributed by atoms with Gasteiger partial charge in [0.1, 0.15) is 0 Å². The highest BCUT2D eigenvalue weighted by atomic mass is 16.2. The summed E-state index contributed by atoms with van der Waals surface area (Å²) in [4.78, 5) is 52.6. The van der Waals surface area contributed by atoms with Crippen LogP contribution in [0.3, 0.4) is 0 Å². The van der Waals surface area contributed by atoms with E-state index >= 15 is 0 Å². The zero-order valence-corrected chi connectivity index (χ0v) is 24.6. The van der Waals surface area contributed by atoms with E-state index in [0.717, 1.165) is 29.5 Å². The average Bonchev–Trinajstić information content (AvgIpc) is 2.97. The van der Waals surface area contributed by atoms with Crippen LogP contribution in [0, 0.1) is 0 Å². The molecule has 3 aromatic carbocycles. The van der Waals surface area contributed by atoms with Gasteiger partial charge in [-0.05, 0) is 53.8 Å². The van der Waals surface area contributed by atoms with E-state index < -0.39 is 0 Å². The zero-order valence-electron chi connectivity index (χ0n) is 24.6. The van der Waals surface area contributed by atoms with E-state index in [4.69, 9.17) is 0 Å². The Labute approximate surface area is 248 Å². The normalized spacial score (nSPS) is 10.7. The number of nitrogens with zero attached hydrogens (tertiary/aromatic N) is 2. The largest absolute Gasteiger partial charge is 0.334 e. The maximum Gasteiger partial charge on any atom is 0.243 e. The van der Waals surface area contributed by atoms with Crippen molar-refractivity contribution in [1.29, 1.82) is 0 Å². The number of benzene rings is 3. The molecule has 0 aromatic heterocycles. The molecule has 0 saturated carbocycles. The van der Waals surface area contributed by atoms with Crippen molar-refractivity contribution in [3.63, 3.8) is 0 Å². The molecule has 8 heteroatoms. The predicted molar refractivity (Wildman–Crippen MR) is 169 cm³/mol. The molecule has 0 bridgehead atoms. The van der Waals surface area contributed by atoms with E-state index in [-0.39, 0.29) is 43.1 Å². The Balaban J connectivity index is 1.50. The van der Waals surface area contributed by atoms with Gasteiger partial charge in [-0.25, -0.2) is 0 Å². The van der Waals surface area contributed by atoms with Crippen molar-refractivity contribution in [2.45, 2.75) is 40.0 Å². The molecule has 0 heterocycles. The van der Waals surface area contributed by atoms with Gasteiger partial charge in [0.25, 0.3) is 0 Å². The number of rotatable bonds is 14. The van der Waals surface area contributed by atoms with Crippen molar-refractivity contribution in [2.24, 2.45) is 0 Å². The lowest BCUT2D eigenvalue weighted by atomic mass is 10.1. The first-order chi connectivity index (χ1) is 20.3. The molecule has 4 amide bonds. The molecular formula is C34H40N4O4. The quantitative estimate of drug-likeness (QED) is 0.252. The van der Waals surface area contributed by atoms with Crippen LogP contribution >= 0.6 is 0 Å². The minimum atomic E-state index is -0.236. The van der Waals surface area contributed by atoms with Crippen LogP contribution in [0.1, 0.15) is 50.3 Å². The van der Waals surface area contributed by atoms with E-state index in [0.29, 0.717) is 24.5 Å². The molecule has 3 rings (SSSR count). The van der Waals surface area contributed by atoms with Crippen LogP contribution in [0.2, 0.25) is 0 Å². The van der Waals surface area contributed by atoms with Crippen LogP contribution in [-0.4, -0.2) is 59.6 Å². The zero-order chi connectivity index (χ0) is 30.3. The van der Waals surface area contributed by atoms with E-state index in [2.05, 4.69) is 10.6 Å². The molecule has 0 fully saturated rings. The summed E-state index contributed by atoms with van der Waals surface area (Å²) in [5.41, 5.74) is 4.16. The van der Waals surface area contributed by atoms with Gasteiger partial charge in [-0.3, -0.25) is 19.2 Å². The predicted octanol–water partition coefficient (Wildman–Crippen LogP) is 5.47. The van der Waals surface area contributed by atoms with Gasteiger partial charge in [0.15, 0.2) is 0 Å². The van der Waals surface area contributed by atoms with Crippen LogP contribution in [0.4, 0.5) is 11.4 Å². The van der Waals surface area contributed by atoms with Crippen molar-refractivity contribution in [2.75, 3.05) is 36.8 Å². The molecule has 0 aliphatic carbocycles. The van der Waals surface area contributed by atoms with E-state index in [1.165, 1.54) is 11.8 Å². The molecule has 2 N–H and O–H groups in total. The number of carbonyl (C=O) groups is 4. The Bertz CT molecular complexity index is 1350. The van der Waals surface area contributed by atoms with E-state index in [1.54, 1.807) is 4.90 Å². The molecule has 3 aromatic rings.